The van der Waals surface area contributed by atoms with Crippen molar-refractivity contribution in [1.82, 2.24) is 10.2 Å². The first-order valence-electron chi connectivity index (χ1n) is 8.33. The maximum absolute atomic E-state index is 11.8. The first-order chi connectivity index (χ1) is 11.2. The van der Waals surface area contributed by atoms with E-state index < -0.39 is 0 Å². The molecule has 1 aliphatic rings. The molecule has 0 aliphatic carbocycles. The molecule has 2 rings (SSSR count). The smallest absolute Gasteiger partial charge is 0.257 e. The average molecular weight is 315 g/mol. The lowest BCUT2D eigenvalue weighted by atomic mass is 10.0. The first kappa shape index (κ1) is 17.3. The predicted molar refractivity (Wildman–Crippen MR) is 89.2 cm³/mol. The molecule has 1 fully saturated rings. The van der Waals surface area contributed by atoms with Crippen molar-refractivity contribution in [2.24, 2.45) is 0 Å². The summed E-state index contributed by atoms with van der Waals surface area (Å²) in [6.07, 6.45) is 4.84. The van der Waals surface area contributed by atoms with E-state index in [1.807, 2.05) is 6.07 Å². The minimum atomic E-state index is -0.149. The van der Waals surface area contributed by atoms with E-state index in [1.54, 1.807) is 24.3 Å². The second-order valence-electron chi connectivity index (χ2n) is 5.98. The van der Waals surface area contributed by atoms with Crippen molar-refractivity contribution in [3.63, 3.8) is 0 Å². The molecule has 5 heteroatoms. The van der Waals surface area contributed by atoms with Crippen LogP contribution in [0.5, 0.6) is 5.75 Å². The molecule has 124 valence electrons. The fraction of sp³-hybridized carbons (Fsp3) is 0.556. The van der Waals surface area contributed by atoms with Gasteiger partial charge in [-0.3, -0.25) is 4.79 Å². The number of carbonyl (C=O) groups excluding carboxylic acids is 1. The monoisotopic (exact) mass is 315 g/mol. The number of hydrogen-bond acceptors (Lipinski definition) is 4. The standard InChI is InChI=1S/C18H25N3O2/c1-15-7-4-5-11-21(15)12-6-10-20-18(22)14-23-17-9-3-2-8-16(17)13-19/h2-3,8-9,15H,4-7,10-12,14H2,1H3,(H,20,22). The van der Waals surface area contributed by atoms with Gasteiger partial charge in [0.05, 0.1) is 5.56 Å². The summed E-state index contributed by atoms with van der Waals surface area (Å²) in [7, 11) is 0. The summed E-state index contributed by atoms with van der Waals surface area (Å²) < 4.78 is 5.41. The normalized spacial score (nSPS) is 18.2. The average Bonchev–Trinajstić information content (AvgIpc) is 2.58. The molecule has 1 heterocycles. The summed E-state index contributed by atoms with van der Waals surface area (Å²) in [5, 5.41) is 11.8. The third-order valence-electron chi connectivity index (χ3n) is 4.25. The van der Waals surface area contributed by atoms with Crippen LogP contribution in [0.25, 0.3) is 0 Å². The van der Waals surface area contributed by atoms with Crippen molar-refractivity contribution < 1.29 is 9.53 Å². The number of nitrogens with one attached hydrogen (secondary N) is 1. The van der Waals surface area contributed by atoms with Crippen molar-refractivity contribution in [2.45, 2.75) is 38.6 Å². The lowest BCUT2D eigenvalue weighted by Gasteiger charge is -2.33. The highest BCUT2D eigenvalue weighted by Gasteiger charge is 2.17. The summed E-state index contributed by atoms with van der Waals surface area (Å²) in [5.74, 6) is 0.303. The van der Waals surface area contributed by atoms with Crippen LogP contribution in [0.2, 0.25) is 0 Å². The lowest BCUT2D eigenvalue weighted by molar-refractivity contribution is -0.123. The Morgan fingerprint density at radius 2 is 2.26 bits per heavy atom. The van der Waals surface area contributed by atoms with Gasteiger partial charge in [0.15, 0.2) is 6.61 Å². The van der Waals surface area contributed by atoms with E-state index in [0.29, 0.717) is 23.9 Å². The fourth-order valence-electron chi connectivity index (χ4n) is 2.88. The van der Waals surface area contributed by atoms with E-state index in [1.165, 1.54) is 25.8 Å². The Labute approximate surface area is 138 Å². The minimum absolute atomic E-state index is 0.0567. The zero-order valence-electron chi connectivity index (χ0n) is 13.8. The van der Waals surface area contributed by atoms with Crippen molar-refractivity contribution in [3.8, 4) is 11.8 Å². The van der Waals surface area contributed by atoms with Gasteiger partial charge < -0.3 is 15.0 Å². The maximum Gasteiger partial charge on any atom is 0.257 e. The van der Waals surface area contributed by atoms with E-state index in [0.717, 1.165) is 13.0 Å². The Morgan fingerprint density at radius 1 is 1.43 bits per heavy atom. The van der Waals surface area contributed by atoms with Gasteiger partial charge in [0.25, 0.3) is 5.91 Å². The Balaban J connectivity index is 1.63. The summed E-state index contributed by atoms with van der Waals surface area (Å²) in [6.45, 7) is 5.07. The highest BCUT2D eigenvalue weighted by Crippen LogP contribution is 2.17. The molecule has 1 aromatic rings. The van der Waals surface area contributed by atoms with Gasteiger partial charge in [-0.15, -0.1) is 0 Å². The van der Waals surface area contributed by atoms with Gasteiger partial charge in [0.1, 0.15) is 11.8 Å². The summed E-state index contributed by atoms with van der Waals surface area (Å²) in [4.78, 5) is 14.3. The van der Waals surface area contributed by atoms with Crippen LogP contribution in [0.4, 0.5) is 0 Å². The van der Waals surface area contributed by atoms with Crippen LogP contribution in [0, 0.1) is 11.3 Å². The summed E-state index contributed by atoms with van der Waals surface area (Å²) in [6, 6.07) is 9.64. The highest BCUT2D eigenvalue weighted by molar-refractivity contribution is 5.77. The number of para-hydroxylation sites is 1. The Bertz CT molecular complexity index is 553. The Morgan fingerprint density at radius 3 is 3.04 bits per heavy atom. The van der Waals surface area contributed by atoms with Crippen LogP contribution >= 0.6 is 0 Å². The molecule has 1 unspecified atom stereocenters. The maximum atomic E-state index is 11.8. The van der Waals surface area contributed by atoms with E-state index in [2.05, 4.69) is 17.1 Å². The van der Waals surface area contributed by atoms with Crippen LogP contribution in [0.3, 0.4) is 0 Å². The van der Waals surface area contributed by atoms with Crippen LogP contribution in [-0.2, 0) is 4.79 Å². The fourth-order valence-corrected chi connectivity index (χ4v) is 2.88. The summed E-state index contributed by atoms with van der Waals surface area (Å²) in [5.41, 5.74) is 0.444. The van der Waals surface area contributed by atoms with Crippen LogP contribution < -0.4 is 10.1 Å². The summed E-state index contributed by atoms with van der Waals surface area (Å²) >= 11 is 0. The van der Waals surface area contributed by atoms with Gasteiger partial charge in [0, 0.05) is 19.1 Å². The van der Waals surface area contributed by atoms with Gasteiger partial charge in [-0.1, -0.05) is 18.6 Å². The third kappa shape index (κ3) is 5.57. The molecule has 1 saturated heterocycles. The van der Waals surface area contributed by atoms with Gasteiger partial charge in [0.2, 0.25) is 0 Å². The second-order valence-corrected chi connectivity index (χ2v) is 5.98. The number of benzene rings is 1. The van der Waals surface area contributed by atoms with Crippen molar-refractivity contribution in [2.75, 3.05) is 26.2 Å². The van der Waals surface area contributed by atoms with E-state index in [9.17, 15) is 4.79 Å². The van der Waals surface area contributed by atoms with E-state index >= 15 is 0 Å². The molecule has 23 heavy (non-hydrogen) atoms. The number of hydrogen-bond donors (Lipinski definition) is 1. The number of likely N-dealkylation sites (tertiary alicyclic amines) is 1. The number of amides is 1. The largest absolute Gasteiger partial charge is 0.482 e. The van der Waals surface area contributed by atoms with Gasteiger partial charge >= 0.3 is 0 Å². The van der Waals surface area contributed by atoms with Crippen molar-refractivity contribution in [1.29, 1.82) is 5.26 Å². The number of piperidine rings is 1. The molecular formula is C18H25N3O2. The second kappa shape index (κ2) is 9.16. The predicted octanol–water partition coefficient (Wildman–Crippen LogP) is 2.32. The minimum Gasteiger partial charge on any atom is -0.482 e. The number of ether oxygens (including phenoxy) is 1. The number of nitriles is 1. The van der Waals surface area contributed by atoms with Crippen LogP contribution in [-0.4, -0.2) is 43.1 Å². The van der Waals surface area contributed by atoms with Crippen LogP contribution in [0.15, 0.2) is 24.3 Å². The molecule has 1 aliphatic heterocycles. The first-order valence-corrected chi connectivity index (χ1v) is 8.33. The molecule has 1 atom stereocenters. The molecule has 1 amide bonds. The van der Waals surface area contributed by atoms with Gasteiger partial charge in [-0.25, -0.2) is 0 Å². The molecule has 0 bridgehead atoms. The zero-order chi connectivity index (χ0) is 16.5. The molecule has 1 aromatic carbocycles. The molecule has 0 saturated carbocycles. The number of carbonyl (C=O) groups is 1. The molecule has 0 spiro atoms. The molecule has 1 N–H and O–H groups in total. The highest BCUT2D eigenvalue weighted by atomic mass is 16.5. The molecular weight excluding hydrogens is 290 g/mol. The van der Waals surface area contributed by atoms with E-state index in [4.69, 9.17) is 10.00 Å². The van der Waals surface area contributed by atoms with Crippen LogP contribution in [0.1, 0.15) is 38.2 Å². The van der Waals surface area contributed by atoms with Gasteiger partial charge in [-0.2, -0.15) is 5.26 Å². The SMILES string of the molecule is CC1CCCCN1CCCNC(=O)COc1ccccc1C#N. The van der Waals surface area contributed by atoms with Crippen molar-refractivity contribution >= 4 is 5.91 Å². The molecule has 0 aromatic heterocycles. The Hall–Kier alpha value is -2.06. The number of nitrogens with zero attached hydrogens (tertiary/aromatic N) is 2. The third-order valence-corrected chi connectivity index (χ3v) is 4.25. The lowest BCUT2D eigenvalue weighted by Crippen LogP contribution is -2.39. The number of rotatable bonds is 7. The molecule has 5 nitrogen and oxygen atoms in total. The molecule has 0 radical (unpaired) electrons. The Kier molecular flexibility index (Phi) is 6.89. The van der Waals surface area contributed by atoms with E-state index in [-0.39, 0.29) is 12.5 Å². The quantitative estimate of drug-likeness (QED) is 0.784. The van der Waals surface area contributed by atoms with Crippen molar-refractivity contribution in [3.05, 3.63) is 29.8 Å². The van der Waals surface area contributed by atoms with Gasteiger partial charge in [-0.05, 0) is 44.9 Å². The zero-order valence-corrected chi connectivity index (χ0v) is 13.8. The topological polar surface area (TPSA) is 65.4 Å².